The number of thioether (sulfide) groups is 1. The number of piperidine rings is 1. The molecule has 0 radical (unpaired) electrons. The van der Waals surface area contributed by atoms with Crippen molar-refractivity contribution in [3.8, 4) is 0 Å². The predicted molar refractivity (Wildman–Crippen MR) is 99.3 cm³/mol. The second-order valence-electron chi connectivity index (χ2n) is 6.35. The zero-order valence-corrected chi connectivity index (χ0v) is 15.8. The summed E-state index contributed by atoms with van der Waals surface area (Å²) < 4.78 is 0. The Labute approximate surface area is 153 Å². The van der Waals surface area contributed by atoms with Gasteiger partial charge in [0.2, 0.25) is 11.8 Å². The van der Waals surface area contributed by atoms with Gasteiger partial charge in [-0.3, -0.25) is 9.59 Å². The molecule has 6 heteroatoms. The summed E-state index contributed by atoms with van der Waals surface area (Å²) in [6, 6.07) is 7.70. The molecule has 1 heterocycles. The summed E-state index contributed by atoms with van der Waals surface area (Å²) in [7, 11) is 0. The molecule has 1 aliphatic heterocycles. The topological polar surface area (TPSA) is 49.4 Å². The van der Waals surface area contributed by atoms with Gasteiger partial charge in [0.1, 0.15) is 0 Å². The van der Waals surface area contributed by atoms with Gasteiger partial charge in [0, 0.05) is 47.1 Å². The third-order valence-corrected chi connectivity index (χ3v) is 5.42. The number of halogens is 1. The van der Waals surface area contributed by atoms with Crippen LogP contribution in [0.2, 0.25) is 5.02 Å². The molecule has 132 valence electrons. The number of hydrogen-bond donors (Lipinski definition) is 1. The number of benzene rings is 1. The maximum atomic E-state index is 12.2. The van der Waals surface area contributed by atoms with E-state index < -0.39 is 0 Å². The number of rotatable bonds is 6. The van der Waals surface area contributed by atoms with Crippen LogP contribution in [0.25, 0.3) is 0 Å². The van der Waals surface area contributed by atoms with Gasteiger partial charge in [-0.25, -0.2) is 0 Å². The van der Waals surface area contributed by atoms with E-state index in [2.05, 4.69) is 5.32 Å². The van der Waals surface area contributed by atoms with Gasteiger partial charge in [-0.05, 0) is 37.1 Å². The number of nitrogens with zero attached hydrogens (tertiary/aromatic N) is 1. The Hall–Kier alpha value is -1.20. The number of likely N-dealkylation sites (tertiary alicyclic amines) is 1. The van der Waals surface area contributed by atoms with Crippen molar-refractivity contribution in [3.63, 3.8) is 0 Å². The van der Waals surface area contributed by atoms with E-state index in [0.717, 1.165) is 28.5 Å². The molecule has 0 atom stereocenters. The highest BCUT2D eigenvalue weighted by atomic mass is 35.5. The second-order valence-corrected chi connectivity index (χ2v) is 7.95. The molecule has 1 aliphatic rings. The maximum absolute atomic E-state index is 12.2. The van der Waals surface area contributed by atoms with Crippen molar-refractivity contribution < 1.29 is 9.59 Å². The minimum Gasteiger partial charge on any atom is -0.355 e. The maximum Gasteiger partial charge on any atom is 0.225 e. The van der Waals surface area contributed by atoms with Crippen LogP contribution in [0.1, 0.15) is 26.7 Å². The van der Waals surface area contributed by atoms with Crippen LogP contribution < -0.4 is 5.32 Å². The number of hydrogen-bond acceptors (Lipinski definition) is 3. The molecule has 0 unspecified atom stereocenters. The van der Waals surface area contributed by atoms with Crippen LogP contribution in [0.3, 0.4) is 0 Å². The third-order valence-electron chi connectivity index (χ3n) is 4.15. The van der Waals surface area contributed by atoms with Crippen LogP contribution in [-0.4, -0.2) is 42.1 Å². The molecule has 1 saturated heterocycles. The lowest BCUT2D eigenvalue weighted by Crippen LogP contribution is -2.44. The average Bonchev–Trinajstić information content (AvgIpc) is 2.59. The molecule has 0 bridgehead atoms. The van der Waals surface area contributed by atoms with Gasteiger partial charge in [0.25, 0.3) is 0 Å². The Morgan fingerprint density at radius 3 is 2.46 bits per heavy atom. The van der Waals surface area contributed by atoms with E-state index in [1.165, 1.54) is 0 Å². The second kappa shape index (κ2) is 9.33. The molecule has 1 N–H and O–H groups in total. The summed E-state index contributed by atoms with van der Waals surface area (Å²) in [6.07, 6.45) is 1.52. The van der Waals surface area contributed by atoms with E-state index in [-0.39, 0.29) is 23.7 Å². The molecule has 2 amide bonds. The first-order chi connectivity index (χ1) is 11.5. The fourth-order valence-electron chi connectivity index (χ4n) is 2.75. The molecular weight excluding hydrogens is 344 g/mol. The van der Waals surface area contributed by atoms with Gasteiger partial charge in [0.15, 0.2) is 0 Å². The summed E-state index contributed by atoms with van der Waals surface area (Å²) in [5.41, 5.74) is 0. The molecule has 0 spiro atoms. The van der Waals surface area contributed by atoms with Crippen molar-refractivity contribution in [3.05, 3.63) is 29.3 Å². The highest BCUT2D eigenvalue weighted by Gasteiger charge is 2.27. The van der Waals surface area contributed by atoms with E-state index in [0.29, 0.717) is 19.6 Å². The Balaban J connectivity index is 1.65. The molecule has 1 fully saturated rings. The SMILES string of the molecule is CC(C)C(=O)N1CCC(C(=O)NCCSc2ccc(Cl)cc2)CC1. The number of carbonyl (C=O) groups excluding carboxylic acids is 2. The summed E-state index contributed by atoms with van der Waals surface area (Å²) in [5.74, 6) is 1.19. The van der Waals surface area contributed by atoms with Gasteiger partial charge >= 0.3 is 0 Å². The van der Waals surface area contributed by atoms with Crippen molar-refractivity contribution in [1.29, 1.82) is 0 Å². The van der Waals surface area contributed by atoms with Crippen molar-refractivity contribution >= 4 is 35.2 Å². The van der Waals surface area contributed by atoms with Crippen LogP contribution in [0.15, 0.2) is 29.2 Å². The molecule has 4 nitrogen and oxygen atoms in total. The van der Waals surface area contributed by atoms with Gasteiger partial charge in [0.05, 0.1) is 0 Å². The fourth-order valence-corrected chi connectivity index (χ4v) is 3.64. The van der Waals surface area contributed by atoms with Crippen molar-refractivity contribution in [1.82, 2.24) is 10.2 Å². The average molecular weight is 369 g/mol. The first-order valence-corrected chi connectivity index (χ1v) is 9.78. The number of carbonyl (C=O) groups is 2. The van der Waals surface area contributed by atoms with Crippen LogP contribution in [-0.2, 0) is 9.59 Å². The number of nitrogens with one attached hydrogen (secondary N) is 1. The van der Waals surface area contributed by atoms with Crippen molar-refractivity contribution in [2.45, 2.75) is 31.6 Å². The van der Waals surface area contributed by atoms with E-state index >= 15 is 0 Å². The lowest BCUT2D eigenvalue weighted by Gasteiger charge is -2.32. The molecule has 0 aliphatic carbocycles. The first-order valence-electron chi connectivity index (χ1n) is 8.42. The van der Waals surface area contributed by atoms with Crippen LogP contribution in [0.4, 0.5) is 0 Å². The zero-order valence-electron chi connectivity index (χ0n) is 14.3. The van der Waals surface area contributed by atoms with Crippen molar-refractivity contribution in [2.75, 3.05) is 25.4 Å². The largest absolute Gasteiger partial charge is 0.355 e. The van der Waals surface area contributed by atoms with Crippen LogP contribution in [0, 0.1) is 11.8 Å². The minimum absolute atomic E-state index is 0.0280. The fraction of sp³-hybridized carbons (Fsp3) is 0.556. The molecule has 1 aromatic rings. The summed E-state index contributed by atoms with van der Waals surface area (Å²) in [5, 5.41) is 3.74. The minimum atomic E-state index is 0.0280. The third kappa shape index (κ3) is 5.71. The van der Waals surface area contributed by atoms with Gasteiger partial charge in [-0.15, -0.1) is 11.8 Å². The highest BCUT2D eigenvalue weighted by molar-refractivity contribution is 7.99. The normalized spacial score (nSPS) is 15.6. The molecule has 2 rings (SSSR count). The summed E-state index contributed by atoms with van der Waals surface area (Å²) >= 11 is 7.56. The van der Waals surface area contributed by atoms with Crippen LogP contribution in [0.5, 0.6) is 0 Å². The lowest BCUT2D eigenvalue weighted by atomic mass is 9.95. The predicted octanol–water partition coefficient (Wildman–Crippen LogP) is 3.44. The van der Waals surface area contributed by atoms with E-state index in [1.807, 2.05) is 43.0 Å². The number of amides is 2. The van der Waals surface area contributed by atoms with E-state index in [1.54, 1.807) is 11.8 Å². The molecule has 1 aromatic carbocycles. The first kappa shape index (κ1) is 19.1. The Morgan fingerprint density at radius 2 is 1.88 bits per heavy atom. The Kier molecular flexibility index (Phi) is 7.43. The monoisotopic (exact) mass is 368 g/mol. The standard InChI is InChI=1S/C18H25ClN2O2S/c1-13(2)18(23)21-10-7-14(8-11-21)17(22)20-9-12-24-16-5-3-15(19)4-6-16/h3-6,13-14H,7-12H2,1-2H3,(H,20,22). The summed E-state index contributed by atoms with van der Waals surface area (Å²) in [4.78, 5) is 27.2. The van der Waals surface area contributed by atoms with E-state index in [4.69, 9.17) is 11.6 Å². The van der Waals surface area contributed by atoms with Gasteiger partial charge in [-0.2, -0.15) is 0 Å². The highest BCUT2D eigenvalue weighted by Crippen LogP contribution is 2.21. The molecular formula is C18H25ClN2O2S. The van der Waals surface area contributed by atoms with Gasteiger partial charge < -0.3 is 10.2 Å². The summed E-state index contributed by atoms with van der Waals surface area (Å²) in [6.45, 7) is 5.86. The van der Waals surface area contributed by atoms with Gasteiger partial charge in [-0.1, -0.05) is 25.4 Å². The smallest absolute Gasteiger partial charge is 0.225 e. The zero-order chi connectivity index (χ0) is 17.5. The Morgan fingerprint density at radius 1 is 1.25 bits per heavy atom. The molecule has 0 saturated carbocycles. The molecule has 24 heavy (non-hydrogen) atoms. The van der Waals surface area contributed by atoms with E-state index in [9.17, 15) is 9.59 Å². The quantitative estimate of drug-likeness (QED) is 0.618. The van der Waals surface area contributed by atoms with Crippen LogP contribution >= 0.6 is 23.4 Å². The van der Waals surface area contributed by atoms with Crippen molar-refractivity contribution in [2.24, 2.45) is 11.8 Å². The molecule has 0 aromatic heterocycles. The lowest BCUT2D eigenvalue weighted by molar-refractivity contribution is -0.138. The Bertz CT molecular complexity index is 555.